The van der Waals surface area contributed by atoms with Crippen molar-refractivity contribution in [1.29, 1.82) is 0 Å². The van der Waals surface area contributed by atoms with Gasteiger partial charge >= 0.3 is 5.97 Å². The molecule has 0 saturated heterocycles. The van der Waals surface area contributed by atoms with Gasteiger partial charge in [0.1, 0.15) is 0 Å². The molecule has 0 amide bonds. The molecular formula is C34H31N3O3S. The van der Waals surface area contributed by atoms with E-state index in [2.05, 4.69) is 60.9 Å². The lowest BCUT2D eigenvalue weighted by atomic mass is 9.95. The predicted octanol–water partition coefficient (Wildman–Crippen LogP) is 5.67. The van der Waals surface area contributed by atoms with Crippen LogP contribution in [0.15, 0.2) is 93.9 Å². The summed E-state index contributed by atoms with van der Waals surface area (Å²) in [7, 11) is 0. The zero-order valence-electron chi connectivity index (χ0n) is 23.8. The highest BCUT2D eigenvalue weighted by Crippen LogP contribution is 2.31. The van der Waals surface area contributed by atoms with Crippen LogP contribution >= 0.6 is 11.3 Å². The minimum atomic E-state index is -0.615. The Labute approximate surface area is 242 Å². The molecule has 5 aromatic rings. The smallest absolute Gasteiger partial charge is 0.338 e. The van der Waals surface area contributed by atoms with Gasteiger partial charge in [-0.15, -0.1) is 0 Å². The van der Waals surface area contributed by atoms with Crippen molar-refractivity contribution in [3.63, 3.8) is 0 Å². The molecule has 0 aliphatic carbocycles. The van der Waals surface area contributed by atoms with Gasteiger partial charge in [0.2, 0.25) is 0 Å². The van der Waals surface area contributed by atoms with Gasteiger partial charge in [0.25, 0.3) is 5.56 Å². The second-order valence-electron chi connectivity index (χ2n) is 10.4. The van der Waals surface area contributed by atoms with Crippen LogP contribution in [-0.2, 0) is 9.53 Å². The van der Waals surface area contributed by atoms with Crippen LogP contribution in [0, 0.1) is 20.8 Å². The second kappa shape index (κ2) is 10.5. The normalized spacial score (nSPS) is 15.2. The molecule has 2 aromatic heterocycles. The summed E-state index contributed by atoms with van der Waals surface area (Å²) in [5.41, 5.74) is 6.92. The molecule has 0 unspecified atom stereocenters. The van der Waals surface area contributed by atoms with Gasteiger partial charge in [-0.05, 0) is 69.3 Å². The second-order valence-corrected chi connectivity index (χ2v) is 11.4. The van der Waals surface area contributed by atoms with Crippen LogP contribution < -0.4 is 14.9 Å². The largest absolute Gasteiger partial charge is 0.463 e. The van der Waals surface area contributed by atoms with Crippen molar-refractivity contribution in [3.05, 3.63) is 132 Å². The van der Waals surface area contributed by atoms with Gasteiger partial charge in [-0.2, -0.15) is 0 Å². The SMILES string of the molecule is CCOC(=O)C1=C(C)N=c2s/c(=C/c3cc(C)n(-c4cccc5ccccc45)c3C)c(=O)n2[C@@H]1c1ccc(C)cc1. The molecule has 0 saturated carbocycles. The first-order valence-corrected chi connectivity index (χ1v) is 14.5. The van der Waals surface area contributed by atoms with E-state index in [0.29, 0.717) is 20.6 Å². The number of carbonyl (C=O) groups excluding carboxylic acids is 1. The molecule has 3 heterocycles. The lowest BCUT2D eigenvalue weighted by molar-refractivity contribution is -0.139. The predicted molar refractivity (Wildman–Crippen MR) is 164 cm³/mol. The Kier molecular flexibility index (Phi) is 6.83. The van der Waals surface area contributed by atoms with E-state index in [1.807, 2.05) is 50.3 Å². The first-order valence-electron chi connectivity index (χ1n) is 13.7. The average molecular weight is 562 g/mol. The molecule has 3 aromatic carbocycles. The van der Waals surface area contributed by atoms with Crippen molar-refractivity contribution >= 4 is 34.2 Å². The molecule has 0 radical (unpaired) electrons. The van der Waals surface area contributed by atoms with Crippen LogP contribution in [0.3, 0.4) is 0 Å². The zero-order valence-corrected chi connectivity index (χ0v) is 24.6. The molecule has 7 heteroatoms. The number of allylic oxidation sites excluding steroid dienone is 1. The molecule has 41 heavy (non-hydrogen) atoms. The van der Waals surface area contributed by atoms with E-state index in [9.17, 15) is 9.59 Å². The number of rotatable bonds is 5. The quantitative estimate of drug-likeness (QED) is 0.260. The fourth-order valence-electron chi connectivity index (χ4n) is 5.70. The van der Waals surface area contributed by atoms with Crippen LogP contribution in [0.5, 0.6) is 0 Å². The third-order valence-electron chi connectivity index (χ3n) is 7.67. The maximum Gasteiger partial charge on any atom is 0.338 e. The third kappa shape index (κ3) is 4.56. The first kappa shape index (κ1) is 26.7. The Morgan fingerprint density at radius 3 is 2.49 bits per heavy atom. The highest BCUT2D eigenvalue weighted by molar-refractivity contribution is 7.07. The van der Waals surface area contributed by atoms with Crippen LogP contribution in [0.4, 0.5) is 0 Å². The van der Waals surface area contributed by atoms with Crippen molar-refractivity contribution < 1.29 is 9.53 Å². The van der Waals surface area contributed by atoms with E-state index in [1.165, 1.54) is 22.1 Å². The number of aromatic nitrogens is 2. The maximum absolute atomic E-state index is 14.0. The minimum absolute atomic E-state index is 0.177. The van der Waals surface area contributed by atoms with Crippen molar-refractivity contribution in [1.82, 2.24) is 9.13 Å². The van der Waals surface area contributed by atoms with Crippen LogP contribution in [0.1, 0.15) is 48.0 Å². The molecule has 6 nitrogen and oxygen atoms in total. The fourth-order valence-corrected chi connectivity index (χ4v) is 6.74. The Morgan fingerprint density at radius 2 is 1.73 bits per heavy atom. The number of thiazole rings is 1. The molecule has 0 bridgehead atoms. The number of aryl methyl sites for hydroxylation is 2. The molecule has 0 N–H and O–H groups in total. The average Bonchev–Trinajstić information content (AvgIpc) is 3.41. The van der Waals surface area contributed by atoms with E-state index in [0.717, 1.165) is 33.8 Å². The summed E-state index contributed by atoms with van der Waals surface area (Å²) in [6.07, 6.45) is 1.95. The number of benzene rings is 3. The van der Waals surface area contributed by atoms with E-state index < -0.39 is 12.0 Å². The van der Waals surface area contributed by atoms with Gasteiger partial charge in [0.05, 0.1) is 34.1 Å². The van der Waals surface area contributed by atoms with Crippen LogP contribution in [0.2, 0.25) is 0 Å². The summed E-state index contributed by atoms with van der Waals surface area (Å²) < 4.78 is 9.86. The molecule has 206 valence electrons. The summed E-state index contributed by atoms with van der Waals surface area (Å²) in [5.74, 6) is -0.452. The van der Waals surface area contributed by atoms with Gasteiger partial charge in [-0.3, -0.25) is 9.36 Å². The van der Waals surface area contributed by atoms with Crippen molar-refractivity contribution in [2.75, 3.05) is 6.61 Å². The highest BCUT2D eigenvalue weighted by atomic mass is 32.1. The molecule has 1 atom stereocenters. The Hall–Kier alpha value is -4.49. The Bertz CT molecular complexity index is 2040. The Morgan fingerprint density at radius 1 is 1.00 bits per heavy atom. The number of fused-ring (bicyclic) bond motifs is 2. The van der Waals surface area contributed by atoms with Gasteiger partial charge in [-0.25, -0.2) is 9.79 Å². The molecule has 6 rings (SSSR count). The monoisotopic (exact) mass is 561 g/mol. The van der Waals surface area contributed by atoms with E-state index in [-0.39, 0.29) is 12.2 Å². The van der Waals surface area contributed by atoms with Crippen molar-refractivity contribution in [2.45, 2.75) is 40.7 Å². The molecule has 0 spiro atoms. The van der Waals surface area contributed by atoms with E-state index in [4.69, 9.17) is 9.73 Å². The van der Waals surface area contributed by atoms with Gasteiger partial charge < -0.3 is 9.30 Å². The minimum Gasteiger partial charge on any atom is -0.463 e. The lowest BCUT2D eigenvalue weighted by Crippen LogP contribution is -2.39. The van der Waals surface area contributed by atoms with Gasteiger partial charge in [0, 0.05) is 16.8 Å². The van der Waals surface area contributed by atoms with E-state index >= 15 is 0 Å². The standard InChI is InChI=1S/C34H31N3O3S/c1-6-40-33(39)30-22(4)35-34-37(31(30)25-16-14-20(2)15-17-25)32(38)29(41-34)19-26-18-21(3)36(23(26)5)28-13-9-11-24-10-7-8-12-27(24)28/h7-19,31H,6H2,1-5H3/b29-19+/t31-/m1/s1. The number of hydrogen-bond donors (Lipinski definition) is 0. The first-order chi connectivity index (χ1) is 19.8. The summed E-state index contributed by atoms with van der Waals surface area (Å²) >= 11 is 1.34. The van der Waals surface area contributed by atoms with Crippen molar-refractivity contribution in [2.24, 2.45) is 4.99 Å². The summed E-state index contributed by atoms with van der Waals surface area (Å²) in [6.45, 7) is 10.0. The molecule has 0 fully saturated rings. The van der Waals surface area contributed by atoms with Crippen LogP contribution in [0.25, 0.3) is 22.5 Å². The summed E-state index contributed by atoms with van der Waals surface area (Å²) in [4.78, 5) is 32.5. The summed E-state index contributed by atoms with van der Waals surface area (Å²) in [5, 5.41) is 2.35. The number of hydrogen-bond acceptors (Lipinski definition) is 5. The zero-order chi connectivity index (χ0) is 28.8. The fraction of sp³-hybridized carbons (Fsp3) is 0.206. The third-order valence-corrected chi connectivity index (χ3v) is 8.66. The molecular weight excluding hydrogens is 530 g/mol. The molecule has 1 aliphatic heterocycles. The van der Waals surface area contributed by atoms with Crippen molar-refractivity contribution in [3.8, 4) is 5.69 Å². The maximum atomic E-state index is 14.0. The lowest BCUT2D eigenvalue weighted by Gasteiger charge is -2.24. The Balaban J connectivity index is 1.53. The number of ether oxygens (including phenoxy) is 1. The topological polar surface area (TPSA) is 65.6 Å². The number of carbonyl (C=O) groups is 1. The summed E-state index contributed by atoms with van der Waals surface area (Å²) in [6, 6.07) is 24.1. The number of nitrogens with zero attached hydrogens (tertiary/aromatic N) is 3. The molecule has 1 aliphatic rings. The highest BCUT2D eigenvalue weighted by Gasteiger charge is 2.33. The van der Waals surface area contributed by atoms with E-state index in [1.54, 1.807) is 11.5 Å². The van der Waals surface area contributed by atoms with Gasteiger partial charge in [0.15, 0.2) is 4.80 Å². The van der Waals surface area contributed by atoms with Gasteiger partial charge in [-0.1, -0.05) is 77.6 Å². The number of esters is 1. The van der Waals surface area contributed by atoms with Crippen LogP contribution in [-0.4, -0.2) is 21.7 Å².